The predicted octanol–water partition coefficient (Wildman–Crippen LogP) is 1.37. The number of aliphatic imine (C=N–C) groups is 1. The maximum Gasteiger partial charge on any atom is 0.193 e. The van der Waals surface area contributed by atoms with Gasteiger partial charge >= 0.3 is 0 Å². The molecule has 1 aromatic carbocycles. The first-order valence-electron chi connectivity index (χ1n) is 5.73. The van der Waals surface area contributed by atoms with Gasteiger partial charge < -0.3 is 15.8 Å². The van der Waals surface area contributed by atoms with E-state index in [2.05, 4.69) is 20.5 Å². The minimum atomic E-state index is 0. The lowest BCUT2D eigenvalue weighted by molar-refractivity contribution is 0.415. The number of nitrogens with zero attached hydrogens (tertiary/aromatic N) is 4. The lowest BCUT2D eigenvalue weighted by Crippen LogP contribution is -2.22. The van der Waals surface area contributed by atoms with E-state index in [0.29, 0.717) is 12.5 Å². The number of aromatic nitrogens is 3. The van der Waals surface area contributed by atoms with Crippen molar-refractivity contribution < 1.29 is 4.74 Å². The number of hydrogen-bond donors (Lipinski definition) is 2. The van der Waals surface area contributed by atoms with E-state index < -0.39 is 0 Å². The topological polar surface area (TPSA) is 90.4 Å². The molecule has 3 N–H and O–H groups in total. The molecule has 0 fully saturated rings. The van der Waals surface area contributed by atoms with Gasteiger partial charge in [-0.2, -0.15) is 15.0 Å². The van der Waals surface area contributed by atoms with E-state index in [1.54, 1.807) is 20.4 Å². The zero-order valence-electron chi connectivity index (χ0n) is 11.3. The quantitative estimate of drug-likeness (QED) is 0.469. The Labute approximate surface area is 134 Å². The number of benzene rings is 1. The molecule has 8 heteroatoms. The molecular weight excluding hydrogens is 371 g/mol. The number of rotatable bonds is 4. The third-order valence-corrected chi connectivity index (χ3v) is 2.40. The van der Waals surface area contributed by atoms with Crippen LogP contribution in [0.25, 0.3) is 0 Å². The van der Waals surface area contributed by atoms with Crippen molar-refractivity contribution in [3.63, 3.8) is 0 Å². The van der Waals surface area contributed by atoms with Crippen LogP contribution in [0.4, 0.5) is 5.69 Å². The molecule has 0 aliphatic heterocycles. The fourth-order valence-electron chi connectivity index (χ4n) is 1.51. The van der Waals surface area contributed by atoms with Crippen LogP contribution in [0.1, 0.15) is 5.69 Å². The molecule has 0 atom stereocenters. The Bertz CT molecular complexity index is 583. The Kier molecular flexibility index (Phi) is 6.22. The SMILES string of the molecule is COc1cccc(NC(N)=NCc2cnn(C)n2)c1.I. The Balaban J connectivity index is 0.00000200. The second kappa shape index (κ2) is 7.68. The van der Waals surface area contributed by atoms with Crippen molar-refractivity contribution >= 4 is 35.6 Å². The Morgan fingerprint density at radius 1 is 1.50 bits per heavy atom. The van der Waals surface area contributed by atoms with Gasteiger partial charge in [-0.05, 0) is 12.1 Å². The maximum absolute atomic E-state index is 5.79. The van der Waals surface area contributed by atoms with Gasteiger partial charge in [0.15, 0.2) is 5.96 Å². The fourth-order valence-corrected chi connectivity index (χ4v) is 1.51. The highest BCUT2D eigenvalue weighted by molar-refractivity contribution is 14.0. The van der Waals surface area contributed by atoms with Crippen molar-refractivity contribution in [2.45, 2.75) is 6.54 Å². The van der Waals surface area contributed by atoms with Gasteiger partial charge in [-0.25, -0.2) is 4.99 Å². The highest BCUT2D eigenvalue weighted by atomic mass is 127. The molecule has 108 valence electrons. The van der Waals surface area contributed by atoms with Crippen molar-refractivity contribution in [1.82, 2.24) is 15.0 Å². The number of nitrogens with two attached hydrogens (primary N) is 1. The van der Waals surface area contributed by atoms with Crippen LogP contribution in [0, 0.1) is 0 Å². The number of halogens is 1. The first kappa shape index (κ1) is 16.2. The van der Waals surface area contributed by atoms with Gasteiger partial charge in [0.05, 0.1) is 19.9 Å². The lowest BCUT2D eigenvalue weighted by atomic mass is 10.3. The summed E-state index contributed by atoms with van der Waals surface area (Å²) in [4.78, 5) is 5.67. The molecule has 0 aliphatic rings. The van der Waals surface area contributed by atoms with E-state index in [1.165, 1.54) is 4.80 Å². The van der Waals surface area contributed by atoms with Crippen LogP contribution in [-0.2, 0) is 13.6 Å². The first-order chi connectivity index (χ1) is 9.17. The number of hydrogen-bond acceptors (Lipinski definition) is 4. The van der Waals surface area contributed by atoms with Crippen LogP contribution >= 0.6 is 24.0 Å². The molecule has 2 aromatic rings. The number of aryl methyl sites for hydroxylation is 1. The molecule has 0 bridgehead atoms. The van der Waals surface area contributed by atoms with Gasteiger partial charge in [0.25, 0.3) is 0 Å². The van der Waals surface area contributed by atoms with E-state index in [0.717, 1.165) is 17.1 Å². The first-order valence-corrected chi connectivity index (χ1v) is 5.73. The van der Waals surface area contributed by atoms with E-state index in [4.69, 9.17) is 10.5 Å². The van der Waals surface area contributed by atoms with Gasteiger partial charge in [-0.15, -0.1) is 24.0 Å². The predicted molar refractivity (Wildman–Crippen MR) is 88.4 cm³/mol. The second-order valence-corrected chi connectivity index (χ2v) is 3.88. The average molecular weight is 388 g/mol. The van der Waals surface area contributed by atoms with Gasteiger partial charge in [0.1, 0.15) is 11.4 Å². The molecule has 1 heterocycles. The lowest BCUT2D eigenvalue weighted by Gasteiger charge is -2.06. The Hall–Kier alpha value is -1.84. The number of ether oxygens (including phenoxy) is 1. The summed E-state index contributed by atoms with van der Waals surface area (Å²) in [5.74, 6) is 1.07. The third kappa shape index (κ3) is 4.68. The molecule has 2 rings (SSSR count). The number of guanidine groups is 1. The number of anilines is 1. The summed E-state index contributed by atoms with van der Waals surface area (Å²) in [6.07, 6.45) is 1.66. The van der Waals surface area contributed by atoms with E-state index in [9.17, 15) is 0 Å². The van der Waals surface area contributed by atoms with E-state index >= 15 is 0 Å². The Morgan fingerprint density at radius 2 is 2.30 bits per heavy atom. The molecule has 0 spiro atoms. The van der Waals surface area contributed by atoms with Gasteiger partial charge in [0.2, 0.25) is 0 Å². The minimum absolute atomic E-state index is 0. The summed E-state index contributed by atoms with van der Waals surface area (Å²) < 4.78 is 5.13. The minimum Gasteiger partial charge on any atom is -0.497 e. The van der Waals surface area contributed by atoms with Crippen molar-refractivity contribution in [3.8, 4) is 5.75 Å². The average Bonchev–Trinajstić information content (AvgIpc) is 2.82. The van der Waals surface area contributed by atoms with Crippen LogP contribution in [0.15, 0.2) is 35.5 Å². The molecule has 1 aromatic heterocycles. The molecule has 0 saturated carbocycles. The molecule has 0 radical (unpaired) electrons. The van der Waals surface area contributed by atoms with Gasteiger partial charge in [0, 0.05) is 18.8 Å². The zero-order chi connectivity index (χ0) is 13.7. The van der Waals surface area contributed by atoms with Gasteiger partial charge in [-0.3, -0.25) is 0 Å². The monoisotopic (exact) mass is 388 g/mol. The highest BCUT2D eigenvalue weighted by Gasteiger charge is 1.99. The highest BCUT2D eigenvalue weighted by Crippen LogP contribution is 2.16. The van der Waals surface area contributed by atoms with Crippen molar-refractivity contribution in [1.29, 1.82) is 0 Å². The summed E-state index contributed by atoms with van der Waals surface area (Å²) in [6, 6.07) is 7.45. The largest absolute Gasteiger partial charge is 0.497 e. The summed E-state index contributed by atoms with van der Waals surface area (Å²) >= 11 is 0. The second-order valence-electron chi connectivity index (χ2n) is 3.88. The van der Waals surface area contributed by atoms with Crippen LogP contribution in [0.2, 0.25) is 0 Å². The zero-order valence-corrected chi connectivity index (χ0v) is 13.6. The van der Waals surface area contributed by atoms with Crippen molar-refractivity contribution in [2.24, 2.45) is 17.8 Å². The van der Waals surface area contributed by atoms with E-state index in [-0.39, 0.29) is 24.0 Å². The van der Waals surface area contributed by atoms with Crippen molar-refractivity contribution in [2.75, 3.05) is 12.4 Å². The molecular formula is C12H17IN6O. The van der Waals surface area contributed by atoms with Crippen LogP contribution in [0.5, 0.6) is 5.75 Å². The van der Waals surface area contributed by atoms with E-state index in [1.807, 2.05) is 24.3 Å². The third-order valence-electron chi connectivity index (χ3n) is 2.40. The summed E-state index contributed by atoms with van der Waals surface area (Å²) in [6.45, 7) is 0.386. The normalized spacial score (nSPS) is 10.8. The summed E-state index contributed by atoms with van der Waals surface area (Å²) in [7, 11) is 3.37. The molecule has 0 saturated heterocycles. The number of methoxy groups -OCH3 is 1. The Morgan fingerprint density at radius 3 is 2.95 bits per heavy atom. The molecule has 0 amide bonds. The molecule has 0 unspecified atom stereocenters. The molecule has 0 aliphatic carbocycles. The fraction of sp³-hybridized carbons (Fsp3) is 0.250. The number of nitrogens with one attached hydrogen (secondary N) is 1. The summed E-state index contributed by atoms with van der Waals surface area (Å²) in [5, 5.41) is 11.1. The van der Waals surface area contributed by atoms with Crippen molar-refractivity contribution in [3.05, 3.63) is 36.2 Å². The molecule has 7 nitrogen and oxygen atoms in total. The van der Waals surface area contributed by atoms with Crippen LogP contribution in [0.3, 0.4) is 0 Å². The standard InChI is InChI=1S/C12H16N6O.HI/c1-18-15-8-10(17-18)7-14-12(13)16-9-4-3-5-11(6-9)19-2;/h3-6,8H,7H2,1-2H3,(H3,13,14,16);1H. The molecule has 20 heavy (non-hydrogen) atoms. The van der Waals surface area contributed by atoms with Crippen LogP contribution < -0.4 is 15.8 Å². The summed E-state index contributed by atoms with van der Waals surface area (Å²) in [5.41, 5.74) is 7.38. The maximum atomic E-state index is 5.79. The smallest absolute Gasteiger partial charge is 0.193 e. The van der Waals surface area contributed by atoms with Gasteiger partial charge in [-0.1, -0.05) is 6.07 Å². The van der Waals surface area contributed by atoms with Crippen LogP contribution in [-0.4, -0.2) is 28.1 Å².